The van der Waals surface area contributed by atoms with E-state index in [1.54, 1.807) is 36.4 Å². The largest absolute Gasteiger partial charge is 0.454 e. The topological polar surface area (TPSA) is 76.7 Å². The van der Waals surface area contributed by atoms with Crippen LogP contribution in [0.2, 0.25) is 0 Å². The highest BCUT2D eigenvalue weighted by Gasteiger charge is 2.16. The first-order valence-corrected chi connectivity index (χ1v) is 7.81. The number of hydrogen-bond donors (Lipinski definition) is 2. The summed E-state index contributed by atoms with van der Waals surface area (Å²) in [5.41, 5.74) is 0.913. The van der Waals surface area contributed by atoms with Crippen LogP contribution in [0.3, 0.4) is 0 Å². The van der Waals surface area contributed by atoms with Crippen molar-refractivity contribution >= 4 is 11.8 Å². The number of benzene rings is 2. The van der Waals surface area contributed by atoms with Crippen molar-refractivity contribution in [1.82, 2.24) is 10.6 Å². The van der Waals surface area contributed by atoms with Crippen LogP contribution >= 0.6 is 0 Å². The Bertz CT molecular complexity index is 794. The minimum atomic E-state index is -0.387. The molecule has 0 saturated carbocycles. The quantitative estimate of drug-likeness (QED) is 0.835. The van der Waals surface area contributed by atoms with Crippen molar-refractivity contribution in [1.29, 1.82) is 0 Å². The van der Waals surface area contributed by atoms with Crippen LogP contribution in [0, 0.1) is 5.82 Å². The first-order valence-electron chi connectivity index (χ1n) is 7.81. The van der Waals surface area contributed by atoms with Crippen LogP contribution in [0.5, 0.6) is 11.5 Å². The van der Waals surface area contributed by atoms with Crippen molar-refractivity contribution in [3.05, 3.63) is 59.4 Å². The van der Waals surface area contributed by atoms with Crippen molar-refractivity contribution in [3.8, 4) is 11.5 Å². The fourth-order valence-electron chi connectivity index (χ4n) is 2.40. The van der Waals surface area contributed by atoms with Gasteiger partial charge in [0.1, 0.15) is 5.82 Å². The summed E-state index contributed by atoms with van der Waals surface area (Å²) in [6.07, 6.45) is 0.383. The molecule has 0 spiro atoms. The van der Waals surface area contributed by atoms with Gasteiger partial charge < -0.3 is 20.1 Å². The average molecular weight is 344 g/mol. The van der Waals surface area contributed by atoms with Crippen molar-refractivity contribution < 1.29 is 23.5 Å². The molecule has 6 nitrogen and oxygen atoms in total. The fourth-order valence-corrected chi connectivity index (χ4v) is 2.40. The van der Waals surface area contributed by atoms with Gasteiger partial charge in [0.2, 0.25) is 12.7 Å². The Hall–Kier alpha value is -3.09. The molecule has 0 unspecified atom stereocenters. The van der Waals surface area contributed by atoms with Crippen LogP contribution in [-0.2, 0) is 11.2 Å². The third kappa shape index (κ3) is 4.26. The molecule has 0 aromatic heterocycles. The lowest BCUT2D eigenvalue weighted by molar-refractivity contribution is -0.120. The van der Waals surface area contributed by atoms with E-state index in [1.165, 1.54) is 6.07 Å². The highest BCUT2D eigenvalue weighted by Crippen LogP contribution is 2.32. The second-order valence-corrected chi connectivity index (χ2v) is 5.44. The summed E-state index contributed by atoms with van der Waals surface area (Å²) in [4.78, 5) is 23.8. The zero-order valence-electron chi connectivity index (χ0n) is 13.4. The number of hydrogen-bond acceptors (Lipinski definition) is 4. The number of carbonyl (C=O) groups excluding carboxylic acids is 2. The van der Waals surface area contributed by atoms with E-state index in [4.69, 9.17) is 9.47 Å². The number of amides is 2. The number of nitrogens with one attached hydrogen (secondary N) is 2. The molecule has 1 heterocycles. The van der Waals surface area contributed by atoms with Crippen LogP contribution < -0.4 is 20.1 Å². The van der Waals surface area contributed by atoms with Gasteiger partial charge in [-0.05, 0) is 36.2 Å². The Morgan fingerprint density at radius 1 is 1.04 bits per heavy atom. The maximum Gasteiger partial charge on any atom is 0.251 e. The molecular weight excluding hydrogens is 327 g/mol. The number of ether oxygens (including phenoxy) is 2. The van der Waals surface area contributed by atoms with E-state index in [0.29, 0.717) is 35.6 Å². The maximum atomic E-state index is 13.5. The summed E-state index contributed by atoms with van der Waals surface area (Å²) in [5, 5.41) is 5.17. The SMILES string of the molecule is O=C(CNC(=O)c1ccc2c(c1)OCO2)NCCc1ccccc1F. The van der Waals surface area contributed by atoms with Gasteiger partial charge in [-0.2, -0.15) is 0 Å². The van der Waals surface area contributed by atoms with Crippen molar-refractivity contribution in [3.63, 3.8) is 0 Å². The van der Waals surface area contributed by atoms with E-state index in [0.717, 1.165) is 0 Å². The third-order valence-corrected chi connectivity index (χ3v) is 3.72. The molecule has 0 aliphatic carbocycles. The van der Waals surface area contributed by atoms with Crippen molar-refractivity contribution in [2.45, 2.75) is 6.42 Å². The van der Waals surface area contributed by atoms with E-state index in [2.05, 4.69) is 10.6 Å². The standard InChI is InChI=1S/C18H17FN2O4/c19-14-4-2-1-3-12(14)7-8-20-17(22)10-21-18(23)13-5-6-15-16(9-13)25-11-24-15/h1-6,9H,7-8,10-11H2,(H,20,22)(H,21,23). The Labute approximate surface area is 143 Å². The van der Waals surface area contributed by atoms with Crippen LogP contribution in [0.1, 0.15) is 15.9 Å². The van der Waals surface area contributed by atoms with E-state index in [-0.39, 0.29) is 31.0 Å². The van der Waals surface area contributed by atoms with Gasteiger partial charge in [-0.15, -0.1) is 0 Å². The van der Waals surface area contributed by atoms with Gasteiger partial charge in [-0.3, -0.25) is 9.59 Å². The Balaban J connectivity index is 1.43. The molecule has 1 aliphatic rings. The molecule has 0 atom stereocenters. The van der Waals surface area contributed by atoms with Crippen LogP contribution in [0.15, 0.2) is 42.5 Å². The van der Waals surface area contributed by atoms with Gasteiger partial charge in [-0.1, -0.05) is 18.2 Å². The lowest BCUT2D eigenvalue weighted by atomic mass is 10.1. The Morgan fingerprint density at radius 3 is 2.68 bits per heavy atom. The molecule has 130 valence electrons. The molecule has 2 amide bonds. The van der Waals surface area contributed by atoms with Gasteiger partial charge in [0, 0.05) is 12.1 Å². The second-order valence-electron chi connectivity index (χ2n) is 5.44. The molecular formula is C18H17FN2O4. The highest BCUT2D eigenvalue weighted by atomic mass is 19.1. The average Bonchev–Trinajstić information content (AvgIpc) is 3.09. The molecule has 2 aromatic rings. The Kier molecular flexibility index (Phi) is 5.13. The highest BCUT2D eigenvalue weighted by molar-refractivity contribution is 5.97. The molecule has 0 bridgehead atoms. The fraction of sp³-hybridized carbons (Fsp3) is 0.222. The van der Waals surface area contributed by atoms with E-state index in [9.17, 15) is 14.0 Å². The third-order valence-electron chi connectivity index (χ3n) is 3.72. The van der Waals surface area contributed by atoms with Gasteiger partial charge in [-0.25, -0.2) is 4.39 Å². The molecule has 7 heteroatoms. The lowest BCUT2D eigenvalue weighted by Gasteiger charge is -2.08. The molecule has 25 heavy (non-hydrogen) atoms. The van der Waals surface area contributed by atoms with Gasteiger partial charge in [0.15, 0.2) is 11.5 Å². The molecule has 0 radical (unpaired) electrons. The number of carbonyl (C=O) groups is 2. The van der Waals surface area contributed by atoms with Gasteiger partial charge >= 0.3 is 0 Å². The number of fused-ring (bicyclic) bond motifs is 1. The molecule has 0 fully saturated rings. The summed E-state index contributed by atoms with van der Waals surface area (Å²) in [5.74, 6) is 0.0604. The predicted molar refractivity (Wildman–Crippen MR) is 88.0 cm³/mol. The van der Waals surface area contributed by atoms with Crippen LogP contribution in [0.4, 0.5) is 4.39 Å². The van der Waals surface area contributed by atoms with Crippen molar-refractivity contribution in [2.75, 3.05) is 19.9 Å². The monoisotopic (exact) mass is 344 g/mol. The van der Waals surface area contributed by atoms with E-state index >= 15 is 0 Å². The van der Waals surface area contributed by atoms with Gasteiger partial charge in [0.05, 0.1) is 6.54 Å². The van der Waals surface area contributed by atoms with Crippen LogP contribution in [0.25, 0.3) is 0 Å². The van der Waals surface area contributed by atoms with E-state index in [1.807, 2.05) is 0 Å². The predicted octanol–water partition coefficient (Wildman–Crippen LogP) is 1.64. The molecule has 1 aliphatic heterocycles. The lowest BCUT2D eigenvalue weighted by Crippen LogP contribution is -2.37. The van der Waals surface area contributed by atoms with Crippen molar-refractivity contribution in [2.24, 2.45) is 0 Å². The maximum absolute atomic E-state index is 13.5. The summed E-state index contributed by atoms with van der Waals surface area (Å²) in [6, 6.07) is 11.2. The first kappa shape index (κ1) is 16.8. The summed E-state index contributed by atoms with van der Waals surface area (Å²) in [6.45, 7) is 0.259. The zero-order chi connectivity index (χ0) is 17.6. The van der Waals surface area contributed by atoms with Gasteiger partial charge in [0.25, 0.3) is 5.91 Å². The number of rotatable bonds is 6. The minimum Gasteiger partial charge on any atom is -0.454 e. The Morgan fingerprint density at radius 2 is 1.84 bits per heavy atom. The normalized spacial score (nSPS) is 11.9. The molecule has 0 saturated heterocycles. The summed E-state index contributed by atoms with van der Waals surface area (Å²) >= 11 is 0. The molecule has 2 N–H and O–H groups in total. The van der Waals surface area contributed by atoms with E-state index < -0.39 is 0 Å². The molecule has 3 rings (SSSR count). The smallest absolute Gasteiger partial charge is 0.251 e. The minimum absolute atomic E-state index is 0.130. The summed E-state index contributed by atoms with van der Waals surface area (Å²) < 4.78 is 23.8. The zero-order valence-corrected chi connectivity index (χ0v) is 13.4. The molecule has 2 aromatic carbocycles. The van der Waals surface area contributed by atoms with Crippen LogP contribution in [-0.4, -0.2) is 31.7 Å². The number of halogens is 1. The summed E-state index contributed by atoms with van der Waals surface area (Å²) in [7, 11) is 0. The second kappa shape index (κ2) is 7.65. The first-order chi connectivity index (χ1) is 12.1.